The number of hydrogen-bond acceptors (Lipinski definition) is 2. The molecule has 1 aliphatic heterocycles. The molecule has 0 radical (unpaired) electrons. The summed E-state index contributed by atoms with van der Waals surface area (Å²) in [6.45, 7) is 0.955. The first-order chi connectivity index (χ1) is 5.43. The predicted molar refractivity (Wildman–Crippen MR) is 44.5 cm³/mol. The molecule has 11 heavy (non-hydrogen) atoms. The number of ether oxygens (including phenoxy) is 1. The van der Waals surface area contributed by atoms with Crippen molar-refractivity contribution in [2.24, 2.45) is 0 Å². The van der Waals surface area contributed by atoms with Crippen LogP contribution in [0.4, 0.5) is 0 Å². The van der Waals surface area contributed by atoms with Gasteiger partial charge in [-0.25, -0.2) is 0 Å². The lowest BCUT2D eigenvalue weighted by atomic mass is 10.0. The molecule has 0 spiro atoms. The molecule has 0 aromatic rings. The van der Waals surface area contributed by atoms with Gasteiger partial charge in [0.1, 0.15) is 6.10 Å². The standard InChI is InChI=1S/C6H12.C3H6O2/c1-2-4-6-5-3-1;4-1-3-2-5-3/h1-6H2;3-4H,1-2H2. The summed E-state index contributed by atoms with van der Waals surface area (Å²) < 4.78 is 4.61. The van der Waals surface area contributed by atoms with Crippen LogP contribution in [0.2, 0.25) is 0 Å². The van der Waals surface area contributed by atoms with E-state index in [2.05, 4.69) is 4.74 Å². The van der Waals surface area contributed by atoms with Crippen LogP contribution in [-0.4, -0.2) is 24.4 Å². The Bertz CT molecular complexity index is 74.1. The maximum atomic E-state index is 8.08. The molecule has 1 unspecified atom stereocenters. The van der Waals surface area contributed by atoms with Crippen molar-refractivity contribution >= 4 is 0 Å². The Morgan fingerprint density at radius 3 is 1.45 bits per heavy atom. The van der Waals surface area contributed by atoms with Gasteiger partial charge in [-0.2, -0.15) is 0 Å². The summed E-state index contributed by atoms with van der Waals surface area (Å²) in [4.78, 5) is 0. The highest BCUT2D eigenvalue weighted by Gasteiger charge is 2.19. The van der Waals surface area contributed by atoms with Crippen LogP contribution in [0.15, 0.2) is 0 Å². The van der Waals surface area contributed by atoms with Crippen molar-refractivity contribution in [3.8, 4) is 0 Å². The molecule has 1 saturated heterocycles. The van der Waals surface area contributed by atoms with E-state index in [-0.39, 0.29) is 12.7 Å². The van der Waals surface area contributed by atoms with E-state index in [1.54, 1.807) is 0 Å². The lowest BCUT2D eigenvalue weighted by molar-refractivity contribution is 0.244. The van der Waals surface area contributed by atoms with E-state index < -0.39 is 0 Å². The average molecular weight is 158 g/mol. The maximum Gasteiger partial charge on any atom is 0.104 e. The number of aliphatic hydroxyl groups excluding tert-OH is 1. The molecule has 2 aliphatic rings. The number of epoxide rings is 1. The third kappa shape index (κ3) is 5.22. The van der Waals surface area contributed by atoms with Crippen LogP contribution in [0.3, 0.4) is 0 Å². The van der Waals surface area contributed by atoms with Gasteiger partial charge in [-0.15, -0.1) is 0 Å². The molecule has 1 atom stereocenters. The number of rotatable bonds is 1. The highest BCUT2D eigenvalue weighted by Crippen LogP contribution is 2.15. The Hall–Kier alpha value is -0.0800. The van der Waals surface area contributed by atoms with E-state index in [9.17, 15) is 0 Å². The Labute approximate surface area is 68.6 Å². The first-order valence-corrected chi connectivity index (χ1v) is 4.66. The van der Waals surface area contributed by atoms with E-state index in [1.165, 1.54) is 38.5 Å². The van der Waals surface area contributed by atoms with Crippen molar-refractivity contribution in [2.75, 3.05) is 13.2 Å². The Morgan fingerprint density at radius 2 is 1.36 bits per heavy atom. The lowest BCUT2D eigenvalue weighted by Crippen LogP contribution is -1.88. The van der Waals surface area contributed by atoms with Gasteiger partial charge in [0.25, 0.3) is 0 Å². The zero-order chi connectivity index (χ0) is 7.94. The summed E-state index contributed by atoms with van der Waals surface area (Å²) in [6, 6.07) is 0. The molecule has 2 fully saturated rings. The van der Waals surface area contributed by atoms with Crippen LogP contribution >= 0.6 is 0 Å². The molecule has 2 heteroatoms. The van der Waals surface area contributed by atoms with Gasteiger partial charge in [0.2, 0.25) is 0 Å². The Morgan fingerprint density at radius 1 is 1.00 bits per heavy atom. The van der Waals surface area contributed by atoms with Gasteiger partial charge in [0.05, 0.1) is 13.2 Å². The van der Waals surface area contributed by atoms with Crippen LogP contribution in [0.1, 0.15) is 38.5 Å². The summed E-state index contributed by atoms with van der Waals surface area (Å²) >= 11 is 0. The summed E-state index contributed by atoms with van der Waals surface area (Å²) in [6.07, 6.45) is 9.19. The summed E-state index contributed by atoms with van der Waals surface area (Å²) in [5.74, 6) is 0. The quantitative estimate of drug-likeness (QED) is 0.589. The molecule has 2 rings (SSSR count). The molecule has 1 heterocycles. The molecule has 0 amide bonds. The molecule has 66 valence electrons. The fraction of sp³-hybridized carbons (Fsp3) is 1.00. The van der Waals surface area contributed by atoms with Crippen LogP contribution in [0.5, 0.6) is 0 Å². The second-order valence-corrected chi connectivity index (χ2v) is 3.26. The second kappa shape index (κ2) is 5.56. The van der Waals surface area contributed by atoms with Crippen molar-refractivity contribution in [3.05, 3.63) is 0 Å². The topological polar surface area (TPSA) is 32.8 Å². The summed E-state index contributed by atoms with van der Waals surface area (Å²) in [7, 11) is 0. The van der Waals surface area contributed by atoms with Gasteiger partial charge in [0.15, 0.2) is 0 Å². The SMILES string of the molecule is C1CCCCC1.OCC1CO1. The third-order valence-corrected chi connectivity index (χ3v) is 2.11. The summed E-state index contributed by atoms with van der Waals surface area (Å²) in [5, 5.41) is 8.08. The van der Waals surface area contributed by atoms with Gasteiger partial charge in [-0.3, -0.25) is 0 Å². The van der Waals surface area contributed by atoms with Crippen molar-refractivity contribution < 1.29 is 9.84 Å². The van der Waals surface area contributed by atoms with Gasteiger partial charge in [-0.05, 0) is 0 Å². The van der Waals surface area contributed by atoms with Gasteiger partial charge >= 0.3 is 0 Å². The van der Waals surface area contributed by atoms with Gasteiger partial charge < -0.3 is 9.84 Å². The smallest absolute Gasteiger partial charge is 0.104 e. The predicted octanol–water partition coefficient (Wildman–Crippen LogP) is 1.72. The fourth-order valence-corrected chi connectivity index (χ4v) is 1.23. The normalized spacial score (nSPS) is 28.6. The zero-order valence-corrected chi connectivity index (χ0v) is 7.09. The van der Waals surface area contributed by atoms with E-state index in [4.69, 9.17) is 5.11 Å². The average Bonchev–Trinajstić information content (AvgIpc) is 2.91. The van der Waals surface area contributed by atoms with Gasteiger partial charge in [0, 0.05) is 0 Å². The molecule has 1 aliphatic carbocycles. The minimum Gasteiger partial charge on any atom is -0.394 e. The van der Waals surface area contributed by atoms with Crippen LogP contribution < -0.4 is 0 Å². The van der Waals surface area contributed by atoms with Crippen molar-refractivity contribution in [3.63, 3.8) is 0 Å². The van der Waals surface area contributed by atoms with Gasteiger partial charge in [-0.1, -0.05) is 38.5 Å². The highest BCUT2D eigenvalue weighted by molar-refractivity contribution is 4.65. The molecule has 0 aromatic heterocycles. The number of aliphatic hydroxyl groups is 1. The lowest BCUT2D eigenvalue weighted by Gasteiger charge is -2.05. The van der Waals surface area contributed by atoms with Crippen molar-refractivity contribution in [1.29, 1.82) is 0 Å². The van der Waals surface area contributed by atoms with E-state index in [0.717, 1.165) is 6.61 Å². The molecule has 0 aromatic carbocycles. The molecular formula is C9H18O2. The van der Waals surface area contributed by atoms with Crippen molar-refractivity contribution in [2.45, 2.75) is 44.6 Å². The van der Waals surface area contributed by atoms with Crippen LogP contribution in [0.25, 0.3) is 0 Å². The summed E-state index contributed by atoms with van der Waals surface area (Å²) in [5.41, 5.74) is 0. The molecule has 1 saturated carbocycles. The Balaban J connectivity index is 0.000000112. The second-order valence-electron chi connectivity index (χ2n) is 3.26. The van der Waals surface area contributed by atoms with Crippen LogP contribution in [0, 0.1) is 0 Å². The minimum absolute atomic E-state index is 0.190. The first kappa shape index (κ1) is 9.01. The minimum atomic E-state index is 0.190. The first-order valence-electron chi connectivity index (χ1n) is 4.66. The molecular weight excluding hydrogens is 140 g/mol. The highest BCUT2D eigenvalue weighted by atomic mass is 16.6. The molecule has 0 bridgehead atoms. The number of hydrogen-bond donors (Lipinski definition) is 1. The molecule has 2 nitrogen and oxygen atoms in total. The monoisotopic (exact) mass is 158 g/mol. The third-order valence-electron chi connectivity index (χ3n) is 2.11. The van der Waals surface area contributed by atoms with E-state index in [0.29, 0.717) is 0 Å². The van der Waals surface area contributed by atoms with E-state index in [1.807, 2.05) is 0 Å². The maximum absolute atomic E-state index is 8.08. The fourth-order valence-electron chi connectivity index (χ4n) is 1.23. The van der Waals surface area contributed by atoms with E-state index >= 15 is 0 Å². The van der Waals surface area contributed by atoms with Crippen LogP contribution in [-0.2, 0) is 4.74 Å². The largest absolute Gasteiger partial charge is 0.394 e. The molecule has 1 N–H and O–H groups in total. The Kier molecular flexibility index (Phi) is 4.55. The zero-order valence-electron chi connectivity index (χ0n) is 7.09. The van der Waals surface area contributed by atoms with Crippen molar-refractivity contribution in [1.82, 2.24) is 0 Å².